The third kappa shape index (κ3) is 4.85. The zero-order valence-corrected chi connectivity index (χ0v) is 16.1. The molecule has 0 bridgehead atoms. The fraction of sp³-hybridized carbons (Fsp3) is 0.409. The quantitative estimate of drug-likeness (QED) is 0.808. The van der Waals surface area contributed by atoms with E-state index in [9.17, 15) is 4.79 Å². The molecule has 0 saturated heterocycles. The third-order valence-corrected chi connectivity index (χ3v) is 4.54. The molecule has 0 radical (unpaired) electrons. The summed E-state index contributed by atoms with van der Waals surface area (Å²) in [4.78, 5) is 12.6. The van der Waals surface area contributed by atoms with Crippen molar-refractivity contribution < 1.29 is 9.53 Å². The second kappa shape index (κ2) is 8.19. The lowest BCUT2D eigenvalue weighted by Gasteiger charge is -2.23. The molecule has 3 nitrogen and oxygen atoms in total. The highest BCUT2D eigenvalue weighted by Gasteiger charge is 2.21. The van der Waals surface area contributed by atoms with Crippen LogP contribution in [0.25, 0.3) is 0 Å². The Kier molecular flexibility index (Phi) is 6.24. The monoisotopic (exact) mass is 339 g/mol. The molecule has 0 saturated carbocycles. The van der Waals surface area contributed by atoms with Crippen molar-refractivity contribution in [3.8, 4) is 5.75 Å². The molecular formula is C22H29NO2. The fourth-order valence-corrected chi connectivity index (χ4v) is 2.98. The molecule has 0 fully saturated rings. The molecule has 1 amide bonds. The molecule has 2 aromatic rings. The van der Waals surface area contributed by atoms with E-state index in [-0.39, 0.29) is 11.9 Å². The van der Waals surface area contributed by atoms with Crippen molar-refractivity contribution in [2.75, 3.05) is 0 Å². The molecule has 0 aliphatic heterocycles. The van der Waals surface area contributed by atoms with Crippen LogP contribution in [0.15, 0.2) is 36.4 Å². The summed E-state index contributed by atoms with van der Waals surface area (Å²) in [5, 5.41) is 3.13. The maximum atomic E-state index is 12.6. The number of nitrogens with one attached hydrogen (secondary N) is 1. The van der Waals surface area contributed by atoms with Crippen molar-refractivity contribution in [2.24, 2.45) is 0 Å². The molecule has 1 N–H and O–H groups in total. The Labute approximate surface area is 151 Å². The summed E-state index contributed by atoms with van der Waals surface area (Å²) >= 11 is 0. The Hall–Kier alpha value is -2.29. The highest BCUT2D eigenvalue weighted by Crippen LogP contribution is 2.23. The lowest BCUT2D eigenvalue weighted by Crippen LogP contribution is -2.38. The van der Waals surface area contributed by atoms with Crippen LogP contribution in [0, 0.1) is 27.7 Å². The number of hydrogen-bond acceptors (Lipinski definition) is 2. The van der Waals surface area contributed by atoms with Gasteiger partial charge < -0.3 is 10.1 Å². The Morgan fingerprint density at radius 1 is 1.00 bits per heavy atom. The molecule has 3 heteroatoms. The Morgan fingerprint density at radius 2 is 1.64 bits per heavy atom. The maximum absolute atomic E-state index is 12.6. The van der Waals surface area contributed by atoms with Gasteiger partial charge in [0.15, 0.2) is 6.10 Å². The van der Waals surface area contributed by atoms with E-state index in [0.717, 1.165) is 23.3 Å². The van der Waals surface area contributed by atoms with Gasteiger partial charge in [-0.3, -0.25) is 4.79 Å². The summed E-state index contributed by atoms with van der Waals surface area (Å²) in [5.41, 5.74) is 5.76. The van der Waals surface area contributed by atoms with Gasteiger partial charge in [-0.05, 0) is 69.4 Å². The van der Waals surface area contributed by atoms with Crippen LogP contribution in [-0.4, -0.2) is 12.0 Å². The number of benzene rings is 2. The normalized spacial score (nSPS) is 13.2. The number of ether oxygens (including phenoxy) is 1. The molecule has 2 aromatic carbocycles. The van der Waals surface area contributed by atoms with Gasteiger partial charge in [-0.25, -0.2) is 0 Å². The maximum Gasteiger partial charge on any atom is 0.261 e. The largest absolute Gasteiger partial charge is 0.481 e. The van der Waals surface area contributed by atoms with Crippen molar-refractivity contribution in [3.63, 3.8) is 0 Å². The van der Waals surface area contributed by atoms with Crippen molar-refractivity contribution in [1.29, 1.82) is 0 Å². The first kappa shape index (κ1) is 19.0. The first-order valence-electron chi connectivity index (χ1n) is 8.93. The van der Waals surface area contributed by atoms with Gasteiger partial charge in [-0.15, -0.1) is 0 Å². The van der Waals surface area contributed by atoms with E-state index in [1.54, 1.807) is 6.92 Å². The minimum atomic E-state index is -0.541. The summed E-state index contributed by atoms with van der Waals surface area (Å²) in [5.74, 6) is 0.676. The summed E-state index contributed by atoms with van der Waals surface area (Å²) in [6.45, 7) is 12.1. The van der Waals surface area contributed by atoms with Crippen LogP contribution in [0.5, 0.6) is 5.75 Å². The molecule has 0 aliphatic carbocycles. The van der Waals surface area contributed by atoms with Gasteiger partial charge in [0, 0.05) is 0 Å². The first-order chi connectivity index (χ1) is 11.8. The highest BCUT2D eigenvalue weighted by molar-refractivity contribution is 5.81. The molecule has 0 heterocycles. The van der Waals surface area contributed by atoms with E-state index in [4.69, 9.17) is 4.74 Å². The minimum absolute atomic E-state index is 0.00208. The number of amides is 1. The predicted molar refractivity (Wildman–Crippen MR) is 103 cm³/mol. The van der Waals surface area contributed by atoms with Crippen LogP contribution in [-0.2, 0) is 4.79 Å². The smallest absolute Gasteiger partial charge is 0.261 e. The molecule has 134 valence electrons. The zero-order chi connectivity index (χ0) is 18.6. The van der Waals surface area contributed by atoms with Gasteiger partial charge in [-0.2, -0.15) is 0 Å². The van der Waals surface area contributed by atoms with E-state index in [0.29, 0.717) is 0 Å². The topological polar surface area (TPSA) is 38.3 Å². The standard InChI is InChI=1S/C22H29NO2/c1-7-20(19-11-9-14(2)12-17(19)5)23-22(24)18(6)25-21-13-15(3)8-10-16(21)4/h8-13,18,20H,7H2,1-6H3,(H,23,24). The molecule has 25 heavy (non-hydrogen) atoms. The van der Waals surface area contributed by atoms with Gasteiger partial charge in [0.2, 0.25) is 0 Å². The Balaban J connectivity index is 2.09. The number of rotatable bonds is 6. The van der Waals surface area contributed by atoms with Crippen molar-refractivity contribution in [1.82, 2.24) is 5.32 Å². The molecule has 0 aromatic heterocycles. The summed E-state index contributed by atoms with van der Waals surface area (Å²) in [7, 11) is 0. The number of carbonyl (C=O) groups excluding carboxylic acids is 1. The van der Waals surface area contributed by atoms with E-state index in [2.05, 4.69) is 44.3 Å². The van der Waals surface area contributed by atoms with Crippen LogP contribution in [0.3, 0.4) is 0 Å². The van der Waals surface area contributed by atoms with E-state index < -0.39 is 6.10 Å². The van der Waals surface area contributed by atoms with E-state index in [1.807, 2.05) is 32.0 Å². The average Bonchev–Trinajstić information content (AvgIpc) is 2.56. The summed E-state index contributed by atoms with van der Waals surface area (Å²) in [6, 6.07) is 12.4. The third-order valence-electron chi connectivity index (χ3n) is 4.54. The van der Waals surface area contributed by atoms with Gasteiger partial charge in [0.05, 0.1) is 6.04 Å². The lowest BCUT2D eigenvalue weighted by atomic mass is 9.97. The van der Waals surface area contributed by atoms with Crippen molar-refractivity contribution >= 4 is 5.91 Å². The predicted octanol–water partition coefficient (Wildman–Crippen LogP) is 4.96. The fourth-order valence-electron chi connectivity index (χ4n) is 2.98. The van der Waals surface area contributed by atoms with Crippen LogP contribution < -0.4 is 10.1 Å². The average molecular weight is 339 g/mol. The van der Waals surface area contributed by atoms with E-state index in [1.165, 1.54) is 16.7 Å². The van der Waals surface area contributed by atoms with E-state index >= 15 is 0 Å². The van der Waals surface area contributed by atoms with Crippen LogP contribution in [0.4, 0.5) is 0 Å². The van der Waals surface area contributed by atoms with Gasteiger partial charge >= 0.3 is 0 Å². The molecule has 0 spiro atoms. The molecular weight excluding hydrogens is 310 g/mol. The molecule has 2 atom stereocenters. The van der Waals surface area contributed by atoms with Crippen molar-refractivity contribution in [3.05, 3.63) is 64.2 Å². The SMILES string of the molecule is CCC(NC(=O)C(C)Oc1cc(C)ccc1C)c1ccc(C)cc1C. The van der Waals surface area contributed by atoms with Gasteiger partial charge in [0.1, 0.15) is 5.75 Å². The molecule has 2 unspecified atom stereocenters. The van der Waals surface area contributed by atoms with Crippen molar-refractivity contribution in [2.45, 2.75) is 60.1 Å². The summed E-state index contributed by atoms with van der Waals surface area (Å²) < 4.78 is 5.91. The lowest BCUT2D eigenvalue weighted by molar-refractivity contribution is -0.128. The second-order valence-corrected chi connectivity index (χ2v) is 6.86. The zero-order valence-electron chi connectivity index (χ0n) is 16.1. The number of aryl methyl sites for hydroxylation is 4. The number of hydrogen-bond donors (Lipinski definition) is 1. The molecule has 0 aliphatic rings. The summed E-state index contributed by atoms with van der Waals surface area (Å²) in [6.07, 6.45) is 0.298. The number of carbonyl (C=O) groups is 1. The second-order valence-electron chi connectivity index (χ2n) is 6.86. The molecule has 2 rings (SSSR count). The minimum Gasteiger partial charge on any atom is -0.481 e. The van der Waals surface area contributed by atoms with Gasteiger partial charge in [0.25, 0.3) is 5.91 Å². The first-order valence-corrected chi connectivity index (χ1v) is 8.93. The Bertz CT molecular complexity index is 752. The van der Waals surface area contributed by atoms with Gasteiger partial charge in [-0.1, -0.05) is 42.8 Å². The Morgan fingerprint density at radius 3 is 2.28 bits per heavy atom. The van der Waals surface area contributed by atoms with Crippen LogP contribution in [0.1, 0.15) is 54.1 Å². The van der Waals surface area contributed by atoms with Crippen LogP contribution >= 0.6 is 0 Å². The highest BCUT2D eigenvalue weighted by atomic mass is 16.5. The van der Waals surface area contributed by atoms with Crippen LogP contribution in [0.2, 0.25) is 0 Å².